The maximum atomic E-state index is 13.1. The number of aromatic amines is 1. The van der Waals surface area contributed by atoms with Crippen LogP contribution >= 0.6 is 11.5 Å². The Hall–Kier alpha value is -3.46. The number of hydrogen-bond donors (Lipinski definition) is 1. The first-order chi connectivity index (χ1) is 14.0. The van der Waals surface area contributed by atoms with E-state index in [2.05, 4.69) is 14.3 Å². The lowest BCUT2D eigenvalue weighted by Crippen LogP contribution is -2.37. The number of hydrogen-bond acceptors (Lipinski definition) is 7. The van der Waals surface area contributed by atoms with Crippen LogP contribution in [0.4, 0.5) is 0 Å². The monoisotopic (exact) mass is 410 g/mol. The number of H-pyrrole nitrogens is 1. The van der Waals surface area contributed by atoms with E-state index in [1.165, 1.54) is 11.7 Å². The number of rotatable bonds is 5. The molecule has 1 aromatic carbocycles. The molecule has 8 nitrogen and oxygen atoms in total. The summed E-state index contributed by atoms with van der Waals surface area (Å²) >= 11 is 1.05. The van der Waals surface area contributed by atoms with Gasteiger partial charge in [-0.15, -0.1) is 0 Å². The maximum Gasteiger partial charge on any atom is 0.329 e. The molecule has 0 amide bonds. The summed E-state index contributed by atoms with van der Waals surface area (Å²) in [7, 11) is 3.08. The summed E-state index contributed by atoms with van der Waals surface area (Å²) in [5.41, 5.74) is 1.32. The molecule has 3 aromatic heterocycles. The minimum Gasteiger partial charge on any atom is -0.493 e. The molecule has 0 spiro atoms. The summed E-state index contributed by atoms with van der Waals surface area (Å²) < 4.78 is 16.5. The van der Waals surface area contributed by atoms with E-state index in [0.29, 0.717) is 33.1 Å². The van der Waals surface area contributed by atoms with Gasteiger partial charge in [-0.2, -0.15) is 4.37 Å². The van der Waals surface area contributed by atoms with Crippen molar-refractivity contribution in [3.63, 3.8) is 0 Å². The highest BCUT2D eigenvalue weighted by Crippen LogP contribution is 2.31. The van der Waals surface area contributed by atoms with Gasteiger partial charge in [0.1, 0.15) is 10.4 Å². The van der Waals surface area contributed by atoms with Crippen molar-refractivity contribution in [1.29, 1.82) is 0 Å². The molecule has 0 aliphatic heterocycles. The summed E-state index contributed by atoms with van der Waals surface area (Å²) in [6, 6.07) is 10.2. The van der Waals surface area contributed by atoms with Crippen LogP contribution in [-0.2, 0) is 0 Å². The summed E-state index contributed by atoms with van der Waals surface area (Å²) in [4.78, 5) is 33.0. The standard InChI is InChI=1S/C20H18N4O4S/c1-11(12-7-8-14(27-2)15(10-12)28-3)24-19(25)18-17(22-20(24)26)16(23-29-18)13-6-4-5-9-21-13/h4-11H,1-3H3,(H,22,26)/t11-/m1/s1. The van der Waals surface area contributed by atoms with Gasteiger partial charge >= 0.3 is 5.69 Å². The molecule has 9 heteroatoms. The number of benzene rings is 1. The molecule has 148 valence electrons. The molecule has 0 bridgehead atoms. The third kappa shape index (κ3) is 3.19. The van der Waals surface area contributed by atoms with Crippen LogP contribution in [0.3, 0.4) is 0 Å². The fourth-order valence-electron chi connectivity index (χ4n) is 3.21. The molecular formula is C20H18N4O4S. The Kier molecular flexibility index (Phi) is 4.89. The van der Waals surface area contributed by atoms with Crippen LogP contribution in [0.15, 0.2) is 52.2 Å². The molecule has 0 aliphatic rings. The van der Waals surface area contributed by atoms with Crippen LogP contribution in [0.5, 0.6) is 11.5 Å². The van der Waals surface area contributed by atoms with Crippen molar-refractivity contribution < 1.29 is 9.47 Å². The van der Waals surface area contributed by atoms with Gasteiger partial charge in [-0.3, -0.25) is 14.3 Å². The predicted octanol–water partition coefficient (Wildman–Crippen LogP) is 2.83. The van der Waals surface area contributed by atoms with E-state index in [9.17, 15) is 9.59 Å². The largest absolute Gasteiger partial charge is 0.493 e. The topological polar surface area (TPSA) is 99.1 Å². The predicted molar refractivity (Wildman–Crippen MR) is 111 cm³/mol. The van der Waals surface area contributed by atoms with Gasteiger partial charge in [0, 0.05) is 6.20 Å². The smallest absolute Gasteiger partial charge is 0.329 e. The molecule has 0 unspecified atom stereocenters. The lowest BCUT2D eigenvalue weighted by Gasteiger charge is -2.16. The fraction of sp³-hybridized carbons (Fsp3) is 0.200. The second-order valence-corrected chi connectivity index (χ2v) is 7.12. The van der Waals surface area contributed by atoms with Crippen molar-refractivity contribution in [2.75, 3.05) is 14.2 Å². The first-order valence-electron chi connectivity index (χ1n) is 8.82. The fourth-order valence-corrected chi connectivity index (χ4v) is 3.99. The molecule has 29 heavy (non-hydrogen) atoms. The highest BCUT2D eigenvalue weighted by molar-refractivity contribution is 7.13. The number of nitrogens with zero attached hydrogens (tertiary/aromatic N) is 3. The van der Waals surface area contributed by atoms with Crippen LogP contribution < -0.4 is 20.7 Å². The van der Waals surface area contributed by atoms with Crippen LogP contribution in [-0.4, -0.2) is 33.1 Å². The van der Waals surface area contributed by atoms with Gasteiger partial charge in [0.2, 0.25) is 0 Å². The van der Waals surface area contributed by atoms with Crippen molar-refractivity contribution in [1.82, 2.24) is 18.9 Å². The first-order valence-corrected chi connectivity index (χ1v) is 9.60. The van der Waals surface area contributed by atoms with Crippen LogP contribution in [0.2, 0.25) is 0 Å². The molecule has 0 saturated carbocycles. The lowest BCUT2D eigenvalue weighted by atomic mass is 10.1. The minimum absolute atomic E-state index is 0.373. The number of ether oxygens (including phenoxy) is 2. The number of nitrogens with one attached hydrogen (secondary N) is 1. The molecule has 4 aromatic rings. The number of aromatic nitrogens is 4. The van der Waals surface area contributed by atoms with Gasteiger partial charge in [-0.25, -0.2) is 4.79 Å². The summed E-state index contributed by atoms with van der Waals surface area (Å²) in [5, 5.41) is 0. The van der Waals surface area contributed by atoms with Gasteiger partial charge in [0.15, 0.2) is 11.5 Å². The number of fused-ring (bicyclic) bond motifs is 1. The highest BCUT2D eigenvalue weighted by atomic mass is 32.1. The quantitative estimate of drug-likeness (QED) is 0.543. The number of methoxy groups -OCH3 is 2. The van der Waals surface area contributed by atoms with Crippen molar-refractivity contribution in [3.05, 3.63) is 69.0 Å². The van der Waals surface area contributed by atoms with E-state index in [4.69, 9.17) is 9.47 Å². The van der Waals surface area contributed by atoms with Crippen molar-refractivity contribution in [2.45, 2.75) is 13.0 Å². The zero-order valence-corrected chi connectivity index (χ0v) is 16.8. The average Bonchev–Trinajstić information content (AvgIpc) is 3.17. The van der Waals surface area contributed by atoms with E-state index < -0.39 is 17.3 Å². The Morgan fingerprint density at radius 2 is 1.90 bits per heavy atom. The van der Waals surface area contributed by atoms with Crippen molar-refractivity contribution in [3.8, 4) is 22.9 Å². The molecule has 0 saturated heterocycles. The lowest BCUT2D eigenvalue weighted by molar-refractivity contribution is 0.354. The molecule has 1 atom stereocenters. The summed E-state index contributed by atoms with van der Waals surface area (Å²) in [6.07, 6.45) is 1.64. The second-order valence-electron chi connectivity index (χ2n) is 6.35. The van der Waals surface area contributed by atoms with E-state index in [1.807, 2.05) is 6.07 Å². The van der Waals surface area contributed by atoms with Crippen LogP contribution in [0, 0.1) is 0 Å². The van der Waals surface area contributed by atoms with Gasteiger partial charge < -0.3 is 14.5 Å². The first kappa shape index (κ1) is 18.9. The number of pyridine rings is 1. The Labute approximate surface area is 169 Å². The molecule has 1 N–H and O–H groups in total. The summed E-state index contributed by atoms with van der Waals surface area (Å²) in [6.45, 7) is 1.78. The van der Waals surface area contributed by atoms with Gasteiger partial charge in [-0.05, 0) is 48.3 Å². The Morgan fingerprint density at radius 1 is 1.10 bits per heavy atom. The Bertz CT molecular complexity index is 1290. The minimum atomic E-state index is -0.518. The van der Waals surface area contributed by atoms with E-state index in [0.717, 1.165) is 17.1 Å². The third-order valence-electron chi connectivity index (χ3n) is 4.74. The maximum absolute atomic E-state index is 13.1. The van der Waals surface area contributed by atoms with Gasteiger partial charge in [0.05, 0.1) is 31.5 Å². The van der Waals surface area contributed by atoms with Crippen molar-refractivity contribution >= 4 is 21.7 Å². The Morgan fingerprint density at radius 3 is 2.59 bits per heavy atom. The molecule has 0 radical (unpaired) electrons. The Balaban J connectivity index is 1.85. The van der Waals surface area contributed by atoms with E-state index >= 15 is 0 Å². The van der Waals surface area contributed by atoms with E-state index in [-0.39, 0.29) is 0 Å². The van der Waals surface area contributed by atoms with Gasteiger partial charge in [-0.1, -0.05) is 12.1 Å². The molecule has 4 rings (SSSR count). The van der Waals surface area contributed by atoms with Crippen molar-refractivity contribution in [2.24, 2.45) is 0 Å². The third-order valence-corrected chi connectivity index (χ3v) is 5.58. The highest BCUT2D eigenvalue weighted by Gasteiger charge is 2.21. The zero-order chi connectivity index (χ0) is 20.5. The molecule has 0 fully saturated rings. The van der Waals surface area contributed by atoms with E-state index in [1.54, 1.807) is 50.6 Å². The molecular weight excluding hydrogens is 392 g/mol. The normalized spacial score (nSPS) is 12.1. The zero-order valence-electron chi connectivity index (χ0n) is 16.0. The van der Waals surface area contributed by atoms with Gasteiger partial charge in [0.25, 0.3) is 5.56 Å². The SMILES string of the molecule is COc1ccc([C@@H](C)n2c(=O)[nH]c3c(-c4ccccn4)nsc3c2=O)cc1OC. The van der Waals surface area contributed by atoms with Crippen LogP contribution in [0.25, 0.3) is 21.6 Å². The molecule has 0 aliphatic carbocycles. The average molecular weight is 410 g/mol. The molecule has 3 heterocycles. The second kappa shape index (κ2) is 7.51. The summed E-state index contributed by atoms with van der Waals surface area (Å²) in [5.74, 6) is 1.10. The van der Waals surface area contributed by atoms with Crippen LogP contribution in [0.1, 0.15) is 18.5 Å².